The first-order valence-electron chi connectivity index (χ1n) is 7.94. The van der Waals surface area contributed by atoms with E-state index in [1.807, 2.05) is 0 Å². The van der Waals surface area contributed by atoms with Gasteiger partial charge in [-0.05, 0) is 67.1 Å². The fourth-order valence-corrected chi connectivity index (χ4v) is 2.40. The number of aryl methyl sites for hydroxylation is 1. The van der Waals surface area contributed by atoms with Crippen LogP contribution < -0.4 is 10.2 Å². The van der Waals surface area contributed by atoms with Crippen molar-refractivity contribution >= 4 is 34.0 Å². The molecule has 0 spiro atoms. The monoisotopic (exact) mass is 426 g/mol. The minimum Gasteiger partial charge on any atom is -0.423 e. The zero-order valence-corrected chi connectivity index (χ0v) is 15.9. The highest BCUT2D eigenvalue weighted by Crippen LogP contribution is 2.15. The van der Waals surface area contributed by atoms with E-state index in [0.717, 1.165) is 15.7 Å². The summed E-state index contributed by atoms with van der Waals surface area (Å²) >= 11 is 3.32. The summed E-state index contributed by atoms with van der Waals surface area (Å²) in [5, 5.41) is 10.4. The van der Waals surface area contributed by atoms with Crippen molar-refractivity contribution in [2.45, 2.75) is 6.92 Å². The van der Waals surface area contributed by atoms with Gasteiger partial charge in [-0.1, -0.05) is 15.9 Å². The van der Waals surface area contributed by atoms with Crippen LogP contribution in [-0.4, -0.2) is 28.3 Å². The number of benzene rings is 2. The number of carbonyl (C=O) groups is 2. The van der Waals surface area contributed by atoms with E-state index in [2.05, 4.69) is 36.7 Å². The van der Waals surface area contributed by atoms with Crippen molar-refractivity contribution in [1.29, 1.82) is 0 Å². The fourth-order valence-electron chi connectivity index (χ4n) is 2.13. The van der Waals surface area contributed by atoms with E-state index < -0.39 is 11.9 Å². The van der Waals surface area contributed by atoms with Gasteiger partial charge in [-0.2, -0.15) is 10.2 Å². The first kappa shape index (κ1) is 18.5. The Bertz CT molecular complexity index is 979. The number of ether oxygens (including phenoxy) is 1. The van der Waals surface area contributed by atoms with Crippen LogP contribution >= 0.6 is 15.9 Å². The molecule has 0 radical (unpaired) electrons. The van der Waals surface area contributed by atoms with Crippen molar-refractivity contribution in [3.8, 4) is 5.75 Å². The van der Waals surface area contributed by atoms with E-state index in [1.54, 1.807) is 61.5 Å². The van der Waals surface area contributed by atoms with Crippen LogP contribution in [0.1, 0.15) is 32.1 Å². The average Bonchev–Trinajstić information content (AvgIpc) is 3.10. The summed E-state index contributed by atoms with van der Waals surface area (Å²) in [5.74, 6) is -0.433. The lowest BCUT2D eigenvalue weighted by Gasteiger charge is -2.04. The number of rotatable bonds is 5. The number of H-pyrrole nitrogens is 1. The third kappa shape index (κ3) is 5.11. The fraction of sp³-hybridized carbons (Fsp3) is 0.0526. The second-order valence-corrected chi connectivity index (χ2v) is 6.52. The standard InChI is InChI=1S/C19H15BrN4O3/c1-12-10-17(23-22-12)18(25)24-21-11-13-2-8-16(9-3-13)27-19(26)14-4-6-15(20)7-5-14/h2-11H,1H3,(H,22,23)(H,24,25). The summed E-state index contributed by atoms with van der Waals surface area (Å²) in [7, 11) is 0. The number of nitrogens with one attached hydrogen (secondary N) is 2. The number of aromatic nitrogens is 2. The summed E-state index contributed by atoms with van der Waals surface area (Å²) in [6, 6.07) is 15.3. The summed E-state index contributed by atoms with van der Waals surface area (Å²) < 4.78 is 6.20. The van der Waals surface area contributed by atoms with Crippen LogP contribution in [0.4, 0.5) is 0 Å². The van der Waals surface area contributed by atoms with Crippen molar-refractivity contribution < 1.29 is 14.3 Å². The lowest BCUT2D eigenvalue weighted by molar-refractivity contribution is 0.0734. The maximum atomic E-state index is 12.1. The predicted octanol–water partition coefficient (Wildman–Crippen LogP) is 3.46. The molecule has 0 aliphatic rings. The van der Waals surface area contributed by atoms with Crippen molar-refractivity contribution in [3.63, 3.8) is 0 Å². The van der Waals surface area contributed by atoms with E-state index in [4.69, 9.17) is 4.74 Å². The molecule has 8 heteroatoms. The molecule has 0 atom stereocenters. The lowest BCUT2D eigenvalue weighted by atomic mass is 10.2. The van der Waals surface area contributed by atoms with E-state index in [1.165, 1.54) is 6.21 Å². The Labute approximate surface area is 163 Å². The second-order valence-electron chi connectivity index (χ2n) is 5.60. The van der Waals surface area contributed by atoms with Crippen LogP contribution in [0.5, 0.6) is 5.75 Å². The van der Waals surface area contributed by atoms with Gasteiger partial charge in [0.15, 0.2) is 5.69 Å². The quantitative estimate of drug-likeness (QED) is 0.282. The molecule has 0 bridgehead atoms. The zero-order valence-electron chi connectivity index (χ0n) is 14.3. The zero-order chi connectivity index (χ0) is 19.2. The normalized spacial score (nSPS) is 10.7. The molecule has 0 saturated carbocycles. The molecular weight excluding hydrogens is 412 g/mol. The first-order chi connectivity index (χ1) is 13.0. The van der Waals surface area contributed by atoms with Crippen molar-refractivity contribution in [2.75, 3.05) is 0 Å². The smallest absolute Gasteiger partial charge is 0.343 e. The third-order valence-electron chi connectivity index (χ3n) is 3.49. The number of hydrogen-bond donors (Lipinski definition) is 2. The minimum atomic E-state index is -0.439. The Hall–Kier alpha value is -3.26. The Balaban J connectivity index is 1.56. The lowest BCUT2D eigenvalue weighted by Crippen LogP contribution is -2.18. The van der Waals surface area contributed by atoms with Gasteiger partial charge >= 0.3 is 5.97 Å². The molecule has 27 heavy (non-hydrogen) atoms. The molecule has 2 N–H and O–H groups in total. The molecule has 0 unspecified atom stereocenters. The summed E-state index contributed by atoms with van der Waals surface area (Å²) in [5.41, 5.74) is 4.64. The Morgan fingerprint density at radius 3 is 2.48 bits per heavy atom. The Kier molecular flexibility index (Phi) is 5.77. The SMILES string of the molecule is Cc1cc(C(=O)NN=Cc2ccc(OC(=O)c3ccc(Br)cc3)cc2)n[nH]1. The molecule has 3 aromatic rings. The largest absolute Gasteiger partial charge is 0.423 e. The topological polar surface area (TPSA) is 96.4 Å². The molecule has 1 amide bonds. The molecule has 2 aromatic carbocycles. The highest BCUT2D eigenvalue weighted by Gasteiger charge is 2.09. The summed E-state index contributed by atoms with van der Waals surface area (Å²) in [4.78, 5) is 23.9. The molecule has 0 saturated heterocycles. The minimum absolute atomic E-state index is 0.264. The van der Waals surface area contributed by atoms with Gasteiger partial charge in [0.2, 0.25) is 0 Å². The third-order valence-corrected chi connectivity index (χ3v) is 4.02. The number of aromatic amines is 1. The number of carbonyl (C=O) groups excluding carboxylic acids is 2. The van der Waals surface area contributed by atoms with Crippen molar-refractivity contribution in [2.24, 2.45) is 5.10 Å². The Morgan fingerprint density at radius 1 is 1.15 bits per heavy atom. The van der Waals surface area contributed by atoms with Gasteiger partial charge < -0.3 is 4.74 Å². The number of amides is 1. The molecule has 0 aliphatic heterocycles. The average molecular weight is 427 g/mol. The summed E-state index contributed by atoms with van der Waals surface area (Å²) in [6.07, 6.45) is 1.48. The van der Waals surface area contributed by atoms with Gasteiger partial charge in [-0.25, -0.2) is 10.2 Å². The Morgan fingerprint density at radius 2 is 1.85 bits per heavy atom. The first-order valence-corrected chi connectivity index (χ1v) is 8.74. The number of nitrogens with zero attached hydrogens (tertiary/aromatic N) is 2. The summed E-state index contributed by atoms with van der Waals surface area (Å²) in [6.45, 7) is 1.80. The predicted molar refractivity (Wildman–Crippen MR) is 104 cm³/mol. The van der Waals surface area contributed by atoms with Crippen LogP contribution in [0.2, 0.25) is 0 Å². The van der Waals surface area contributed by atoms with Crippen LogP contribution in [-0.2, 0) is 0 Å². The molecule has 1 aromatic heterocycles. The van der Waals surface area contributed by atoms with Crippen molar-refractivity contribution in [1.82, 2.24) is 15.6 Å². The number of esters is 1. The second kappa shape index (κ2) is 8.41. The molecule has 0 aliphatic carbocycles. The molecular formula is C19H15BrN4O3. The van der Waals surface area contributed by atoms with E-state index in [0.29, 0.717) is 11.3 Å². The van der Waals surface area contributed by atoms with Crippen LogP contribution in [0.15, 0.2) is 64.2 Å². The number of halogens is 1. The van der Waals surface area contributed by atoms with E-state index in [9.17, 15) is 9.59 Å². The van der Waals surface area contributed by atoms with Gasteiger partial charge in [0.05, 0.1) is 11.8 Å². The van der Waals surface area contributed by atoms with E-state index in [-0.39, 0.29) is 5.69 Å². The van der Waals surface area contributed by atoms with Gasteiger partial charge in [0, 0.05) is 10.2 Å². The van der Waals surface area contributed by atoms with Gasteiger partial charge in [-0.3, -0.25) is 9.89 Å². The molecule has 3 rings (SSSR count). The number of hydrazone groups is 1. The number of hydrogen-bond acceptors (Lipinski definition) is 5. The molecule has 0 fully saturated rings. The van der Waals surface area contributed by atoms with Crippen molar-refractivity contribution in [3.05, 3.63) is 81.6 Å². The van der Waals surface area contributed by atoms with Gasteiger partial charge in [-0.15, -0.1) is 0 Å². The highest BCUT2D eigenvalue weighted by atomic mass is 79.9. The molecule has 1 heterocycles. The maximum absolute atomic E-state index is 12.1. The highest BCUT2D eigenvalue weighted by molar-refractivity contribution is 9.10. The van der Waals surface area contributed by atoms with Crippen LogP contribution in [0.3, 0.4) is 0 Å². The maximum Gasteiger partial charge on any atom is 0.343 e. The van der Waals surface area contributed by atoms with E-state index >= 15 is 0 Å². The van der Waals surface area contributed by atoms with Gasteiger partial charge in [0.25, 0.3) is 5.91 Å². The molecule has 136 valence electrons. The van der Waals surface area contributed by atoms with Crippen LogP contribution in [0.25, 0.3) is 0 Å². The molecule has 7 nitrogen and oxygen atoms in total. The van der Waals surface area contributed by atoms with Gasteiger partial charge in [0.1, 0.15) is 5.75 Å². The van der Waals surface area contributed by atoms with Crippen LogP contribution in [0, 0.1) is 6.92 Å².